The molecule has 1 N–H and O–H groups in total. The highest BCUT2D eigenvalue weighted by molar-refractivity contribution is 5.30. The van der Waals surface area contributed by atoms with E-state index in [0.717, 1.165) is 17.1 Å². The molecule has 0 amide bonds. The number of pyridine rings is 1. The number of aliphatic hydroxyl groups is 1. The summed E-state index contributed by atoms with van der Waals surface area (Å²) >= 11 is 0. The maximum atomic E-state index is 12.4. The van der Waals surface area contributed by atoms with Gasteiger partial charge >= 0.3 is 6.18 Å². The summed E-state index contributed by atoms with van der Waals surface area (Å²) in [5.41, 5.74) is 0.0715. The quantitative estimate of drug-likeness (QED) is 0.933. The number of aromatic nitrogens is 3. The molecule has 1 unspecified atom stereocenters. The number of hydrogen-bond donors (Lipinski definition) is 1. The van der Waals surface area contributed by atoms with Crippen molar-refractivity contribution in [1.29, 1.82) is 0 Å². The maximum absolute atomic E-state index is 12.4. The van der Waals surface area contributed by atoms with Crippen molar-refractivity contribution in [3.8, 4) is 5.69 Å². The van der Waals surface area contributed by atoms with Crippen molar-refractivity contribution in [3.63, 3.8) is 0 Å². The van der Waals surface area contributed by atoms with Gasteiger partial charge in [-0.1, -0.05) is 6.92 Å². The largest absolute Gasteiger partial charge is 0.419 e. The number of hydrogen-bond acceptors (Lipinski definition) is 3. The number of nitrogens with zero attached hydrogens (tertiary/aromatic N) is 3. The normalized spacial score (nSPS) is 13.5. The molecule has 0 saturated carbocycles. The third kappa shape index (κ3) is 2.93. The summed E-state index contributed by atoms with van der Waals surface area (Å²) in [5, 5.41) is 13.2. The van der Waals surface area contributed by atoms with E-state index < -0.39 is 17.8 Å². The van der Waals surface area contributed by atoms with Gasteiger partial charge in [0.25, 0.3) is 0 Å². The standard InChI is InChI=1S/C12H12F3N3O/c1-2-11(19)10-4-3-9(6-16-10)18-7-8(5-17-18)12(13,14)15/h3-7,11,19H,2H2,1H3. The Balaban J connectivity index is 2.25. The molecule has 102 valence electrons. The number of alkyl halides is 3. The average molecular weight is 271 g/mol. The van der Waals surface area contributed by atoms with Gasteiger partial charge < -0.3 is 5.11 Å². The Morgan fingerprint density at radius 1 is 1.32 bits per heavy atom. The molecular weight excluding hydrogens is 259 g/mol. The molecule has 0 aromatic carbocycles. The minimum Gasteiger partial charge on any atom is -0.387 e. The van der Waals surface area contributed by atoms with E-state index in [0.29, 0.717) is 17.8 Å². The summed E-state index contributed by atoms with van der Waals surface area (Å²) in [5.74, 6) is 0. The van der Waals surface area contributed by atoms with E-state index in [2.05, 4.69) is 10.1 Å². The summed E-state index contributed by atoms with van der Waals surface area (Å²) < 4.78 is 38.4. The van der Waals surface area contributed by atoms with Crippen LogP contribution in [0.2, 0.25) is 0 Å². The lowest BCUT2D eigenvalue weighted by Crippen LogP contribution is -2.03. The smallest absolute Gasteiger partial charge is 0.387 e. The van der Waals surface area contributed by atoms with Crippen LogP contribution in [0.1, 0.15) is 30.7 Å². The second-order valence-electron chi connectivity index (χ2n) is 4.04. The molecule has 2 heterocycles. The van der Waals surface area contributed by atoms with Crippen LogP contribution in [-0.2, 0) is 6.18 Å². The van der Waals surface area contributed by atoms with Gasteiger partial charge in [-0.15, -0.1) is 0 Å². The van der Waals surface area contributed by atoms with Crippen LogP contribution in [0.15, 0.2) is 30.7 Å². The van der Waals surface area contributed by atoms with Gasteiger partial charge in [0.05, 0.1) is 35.4 Å². The molecule has 0 aliphatic rings. The van der Waals surface area contributed by atoms with Gasteiger partial charge in [0.15, 0.2) is 0 Å². The lowest BCUT2D eigenvalue weighted by Gasteiger charge is -2.07. The minimum absolute atomic E-state index is 0.405. The van der Waals surface area contributed by atoms with Crippen molar-refractivity contribution in [3.05, 3.63) is 42.0 Å². The van der Waals surface area contributed by atoms with E-state index in [9.17, 15) is 18.3 Å². The molecule has 0 fully saturated rings. The summed E-state index contributed by atoms with van der Waals surface area (Å²) in [6.07, 6.45) is -1.53. The predicted octanol–water partition coefficient (Wildman–Crippen LogP) is 2.73. The van der Waals surface area contributed by atoms with E-state index in [1.54, 1.807) is 12.1 Å². The lowest BCUT2D eigenvalue weighted by molar-refractivity contribution is -0.137. The average Bonchev–Trinajstić information content (AvgIpc) is 2.87. The summed E-state index contributed by atoms with van der Waals surface area (Å²) in [7, 11) is 0. The Morgan fingerprint density at radius 3 is 2.53 bits per heavy atom. The first-order valence-electron chi connectivity index (χ1n) is 5.68. The SMILES string of the molecule is CCC(O)c1ccc(-n2cc(C(F)(F)F)cn2)cn1. The van der Waals surface area contributed by atoms with E-state index in [4.69, 9.17) is 0 Å². The van der Waals surface area contributed by atoms with E-state index in [1.165, 1.54) is 6.20 Å². The molecule has 0 radical (unpaired) electrons. The molecule has 1 atom stereocenters. The van der Waals surface area contributed by atoms with Gasteiger partial charge in [-0.2, -0.15) is 18.3 Å². The zero-order valence-electron chi connectivity index (χ0n) is 10.1. The zero-order valence-corrected chi connectivity index (χ0v) is 10.1. The maximum Gasteiger partial charge on any atom is 0.419 e. The van der Waals surface area contributed by atoms with Crippen molar-refractivity contribution in [2.24, 2.45) is 0 Å². The van der Waals surface area contributed by atoms with Crippen molar-refractivity contribution in [2.45, 2.75) is 25.6 Å². The van der Waals surface area contributed by atoms with Crippen LogP contribution in [0.3, 0.4) is 0 Å². The van der Waals surface area contributed by atoms with Crippen LogP contribution in [0.4, 0.5) is 13.2 Å². The molecule has 2 aromatic heterocycles. The van der Waals surface area contributed by atoms with Crippen LogP contribution in [0.5, 0.6) is 0 Å². The van der Waals surface area contributed by atoms with Crippen LogP contribution >= 0.6 is 0 Å². The first-order chi connectivity index (χ1) is 8.91. The van der Waals surface area contributed by atoms with Crippen LogP contribution in [-0.4, -0.2) is 19.9 Å². The van der Waals surface area contributed by atoms with Gasteiger partial charge in [0, 0.05) is 6.20 Å². The monoisotopic (exact) mass is 271 g/mol. The van der Waals surface area contributed by atoms with Gasteiger partial charge in [0.2, 0.25) is 0 Å². The summed E-state index contributed by atoms with van der Waals surface area (Å²) in [6, 6.07) is 3.13. The summed E-state index contributed by atoms with van der Waals surface area (Å²) in [4.78, 5) is 4.01. The highest BCUT2D eigenvalue weighted by Gasteiger charge is 2.32. The third-order valence-electron chi connectivity index (χ3n) is 2.67. The van der Waals surface area contributed by atoms with Gasteiger partial charge in [0.1, 0.15) is 0 Å². The minimum atomic E-state index is -4.41. The summed E-state index contributed by atoms with van der Waals surface area (Å²) in [6.45, 7) is 1.81. The molecule has 2 rings (SSSR count). The van der Waals surface area contributed by atoms with Crippen molar-refractivity contribution in [2.75, 3.05) is 0 Å². The first-order valence-corrected chi connectivity index (χ1v) is 5.68. The Kier molecular flexibility index (Phi) is 3.57. The molecule has 7 heteroatoms. The molecule has 0 aliphatic heterocycles. The molecule has 0 aliphatic carbocycles. The van der Waals surface area contributed by atoms with Crippen LogP contribution in [0.25, 0.3) is 5.69 Å². The Bertz CT molecular complexity index is 548. The number of halogens is 3. The predicted molar refractivity (Wildman–Crippen MR) is 61.6 cm³/mol. The third-order valence-corrected chi connectivity index (χ3v) is 2.67. The first kappa shape index (κ1) is 13.5. The van der Waals surface area contributed by atoms with Gasteiger partial charge in [-0.05, 0) is 18.6 Å². The van der Waals surface area contributed by atoms with Crippen molar-refractivity contribution < 1.29 is 18.3 Å². The zero-order chi connectivity index (χ0) is 14.0. The molecule has 4 nitrogen and oxygen atoms in total. The molecule has 0 saturated heterocycles. The molecule has 19 heavy (non-hydrogen) atoms. The second-order valence-corrected chi connectivity index (χ2v) is 4.04. The van der Waals surface area contributed by atoms with Crippen LogP contribution in [0, 0.1) is 0 Å². The molecule has 0 bridgehead atoms. The topological polar surface area (TPSA) is 50.9 Å². The molecule has 2 aromatic rings. The Morgan fingerprint density at radius 2 is 2.05 bits per heavy atom. The fourth-order valence-electron chi connectivity index (χ4n) is 1.55. The van der Waals surface area contributed by atoms with Gasteiger partial charge in [-0.25, -0.2) is 4.68 Å². The van der Waals surface area contributed by atoms with Gasteiger partial charge in [-0.3, -0.25) is 4.98 Å². The number of aliphatic hydroxyl groups excluding tert-OH is 1. The fraction of sp³-hybridized carbons (Fsp3) is 0.333. The van der Waals surface area contributed by atoms with E-state index in [-0.39, 0.29) is 0 Å². The van der Waals surface area contributed by atoms with E-state index >= 15 is 0 Å². The molecule has 0 spiro atoms. The highest BCUT2D eigenvalue weighted by atomic mass is 19.4. The Hall–Kier alpha value is -1.89. The van der Waals surface area contributed by atoms with E-state index in [1.807, 2.05) is 6.92 Å². The second kappa shape index (κ2) is 5.00. The van der Waals surface area contributed by atoms with Crippen molar-refractivity contribution in [1.82, 2.24) is 14.8 Å². The van der Waals surface area contributed by atoms with Crippen LogP contribution < -0.4 is 0 Å². The lowest BCUT2D eigenvalue weighted by atomic mass is 10.2. The number of rotatable bonds is 3. The molecular formula is C12H12F3N3O. The Labute approximate surface area is 107 Å². The van der Waals surface area contributed by atoms with Crippen molar-refractivity contribution >= 4 is 0 Å². The fourth-order valence-corrected chi connectivity index (χ4v) is 1.55. The highest BCUT2D eigenvalue weighted by Crippen LogP contribution is 2.29.